The third kappa shape index (κ3) is 6.43. The fraction of sp³-hybridized carbons (Fsp3) is 0.909. The van der Waals surface area contributed by atoms with Crippen LogP contribution in [0.2, 0.25) is 0 Å². The lowest BCUT2D eigenvalue weighted by molar-refractivity contribution is -0.114. The van der Waals surface area contributed by atoms with Crippen LogP contribution in [0.3, 0.4) is 0 Å². The van der Waals surface area contributed by atoms with E-state index in [0.29, 0.717) is 17.9 Å². The number of unbranched alkanes of at least 4 members (excludes halogenated alkanes) is 1. The summed E-state index contributed by atoms with van der Waals surface area (Å²) >= 11 is 0. The molecule has 6 heteroatoms. The van der Waals surface area contributed by atoms with Gasteiger partial charge >= 0.3 is 0 Å². The van der Waals surface area contributed by atoms with Crippen LogP contribution in [0.5, 0.6) is 0 Å². The summed E-state index contributed by atoms with van der Waals surface area (Å²) in [6.45, 7) is 7.19. The van der Waals surface area contributed by atoms with Crippen LogP contribution in [0.4, 0.5) is 0 Å². The Bertz CT molecular complexity index is 331. The van der Waals surface area contributed by atoms with Gasteiger partial charge in [0.1, 0.15) is 5.78 Å². The molecular weight excluding hydrogens is 260 g/mol. The molecule has 0 heterocycles. The van der Waals surface area contributed by atoms with Gasteiger partial charge in [0.2, 0.25) is 0 Å². The van der Waals surface area contributed by atoms with Crippen LogP contribution >= 0.6 is 10.3 Å². The van der Waals surface area contributed by atoms with Gasteiger partial charge in [0, 0.05) is 0 Å². The molecule has 0 aromatic carbocycles. The van der Waals surface area contributed by atoms with E-state index in [1.807, 2.05) is 20.8 Å². The maximum Gasteiger partial charge on any atom is 0.276 e. The van der Waals surface area contributed by atoms with Crippen LogP contribution in [0, 0.1) is 0 Å². The van der Waals surface area contributed by atoms with Crippen LogP contribution in [0.1, 0.15) is 40.5 Å². The van der Waals surface area contributed by atoms with E-state index in [2.05, 4.69) is 0 Å². The summed E-state index contributed by atoms with van der Waals surface area (Å²) in [6, 6.07) is 0. The fourth-order valence-corrected chi connectivity index (χ4v) is 6.67. The maximum atomic E-state index is 11.8. The molecule has 0 amide bonds. The number of carbonyl (C=O) groups is 1. The molecule has 0 aliphatic carbocycles. The Morgan fingerprint density at radius 1 is 1.12 bits per heavy atom. The Morgan fingerprint density at radius 2 is 1.65 bits per heavy atom. The highest BCUT2D eigenvalue weighted by Crippen LogP contribution is 2.50. The third-order valence-electron chi connectivity index (χ3n) is 2.51. The lowest BCUT2D eigenvalue weighted by Gasteiger charge is -2.35. The molecule has 0 aliphatic rings. The highest BCUT2D eigenvalue weighted by atomic mass is 32.3. The van der Waals surface area contributed by atoms with E-state index in [4.69, 9.17) is 3.63 Å². The quantitative estimate of drug-likeness (QED) is 0.652. The molecule has 0 saturated heterocycles. The van der Waals surface area contributed by atoms with E-state index in [1.165, 1.54) is 6.92 Å². The first-order valence-electron chi connectivity index (χ1n) is 6.00. The Morgan fingerprint density at radius 3 is 2.00 bits per heavy atom. The maximum absolute atomic E-state index is 11.8. The lowest BCUT2D eigenvalue weighted by atomic mass is 10.4. The van der Waals surface area contributed by atoms with Crippen molar-refractivity contribution in [2.75, 3.05) is 23.0 Å². The molecule has 0 unspecified atom stereocenters. The van der Waals surface area contributed by atoms with Crippen molar-refractivity contribution in [1.82, 2.24) is 0 Å². The van der Waals surface area contributed by atoms with Crippen molar-refractivity contribution in [1.29, 1.82) is 0 Å². The molecule has 4 nitrogen and oxygen atoms in total. The summed E-state index contributed by atoms with van der Waals surface area (Å²) < 4.78 is 29.0. The molecule has 0 fully saturated rings. The Kier molecular flexibility index (Phi) is 7.35. The standard InChI is InChI=1S/C11H24O4S2/c1-5-8-9-17(13,14)15-16(6-2,7-3)10-11(4)12/h5-10H2,1-4H3. The highest BCUT2D eigenvalue weighted by molar-refractivity contribution is 8.33. The van der Waals surface area contributed by atoms with Gasteiger partial charge in [0.15, 0.2) is 0 Å². The second-order valence-corrected chi connectivity index (χ2v) is 9.52. The number of hydrogen-bond acceptors (Lipinski definition) is 4. The number of carbonyl (C=O) groups excluding carboxylic acids is 1. The lowest BCUT2D eigenvalue weighted by Crippen LogP contribution is -2.23. The van der Waals surface area contributed by atoms with Gasteiger partial charge in [0.25, 0.3) is 10.1 Å². The average Bonchev–Trinajstić information content (AvgIpc) is 2.24. The van der Waals surface area contributed by atoms with Crippen molar-refractivity contribution in [3.63, 3.8) is 0 Å². The topological polar surface area (TPSA) is 60.4 Å². The molecule has 104 valence electrons. The van der Waals surface area contributed by atoms with Gasteiger partial charge in [-0.1, -0.05) is 27.2 Å². The van der Waals surface area contributed by atoms with Crippen LogP contribution in [0.25, 0.3) is 0 Å². The molecule has 0 bridgehead atoms. The first kappa shape index (κ1) is 16.9. The minimum Gasteiger partial charge on any atom is -0.299 e. The van der Waals surface area contributed by atoms with Gasteiger partial charge in [-0.3, -0.25) is 4.79 Å². The minimum absolute atomic E-state index is 0.00519. The molecular formula is C11H24O4S2. The van der Waals surface area contributed by atoms with Gasteiger partial charge in [0.05, 0.1) is 11.5 Å². The number of ketones is 1. The van der Waals surface area contributed by atoms with Crippen LogP contribution in [0.15, 0.2) is 0 Å². The van der Waals surface area contributed by atoms with Crippen molar-refractivity contribution in [2.45, 2.75) is 40.5 Å². The Hall–Kier alpha value is -0.0700. The van der Waals surface area contributed by atoms with Crippen molar-refractivity contribution < 1.29 is 16.8 Å². The first-order valence-corrected chi connectivity index (χ1v) is 9.64. The van der Waals surface area contributed by atoms with Gasteiger partial charge in [-0.25, -0.2) is 3.63 Å². The van der Waals surface area contributed by atoms with Gasteiger partial charge in [-0.05, 0) is 24.9 Å². The SMILES string of the molecule is CCCCS(=O)(=O)OS(CC)(CC)CC(C)=O. The predicted octanol–water partition coefficient (Wildman–Crippen LogP) is 2.48. The summed E-state index contributed by atoms with van der Waals surface area (Å²) in [5.41, 5.74) is 0. The van der Waals surface area contributed by atoms with Crippen molar-refractivity contribution >= 4 is 26.2 Å². The molecule has 0 spiro atoms. The Labute approximate surface area is 107 Å². The van der Waals surface area contributed by atoms with Gasteiger partial charge < -0.3 is 0 Å². The van der Waals surface area contributed by atoms with Crippen LogP contribution < -0.4 is 0 Å². The number of rotatable bonds is 9. The van der Waals surface area contributed by atoms with Crippen molar-refractivity contribution in [2.24, 2.45) is 0 Å². The molecule has 0 aromatic heterocycles. The number of hydrogen-bond donors (Lipinski definition) is 0. The zero-order chi connectivity index (χ0) is 13.5. The molecule has 0 rings (SSSR count). The van der Waals surface area contributed by atoms with Crippen LogP contribution in [-0.2, 0) is 18.5 Å². The van der Waals surface area contributed by atoms with Crippen molar-refractivity contribution in [3.05, 3.63) is 0 Å². The van der Waals surface area contributed by atoms with E-state index in [-0.39, 0.29) is 17.3 Å². The summed E-state index contributed by atoms with van der Waals surface area (Å²) in [5.74, 6) is 1.50. The zero-order valence-electron chi connectivity index (χ0n) is 11.2. The minimum atomic E-state index is -3.49. The average molecular weight is 284 g/mol. The largest absolute Gasteiger partial charge is 0.299 e. The summed E-state index contributed by atoms with van der Waals surface area (Å²) in [6.07, 6.45) is 1.42. The Balaban J connectivity index is 4.80. The molecule has 17 heavy (non-hydrogen) atoms. The molecule has 0 atom stereocenters. The van der Waals surface area contributed by atoms with E-state index in [9.17, 15) is 13.2 Å². The fourth-order valence-electron chi connectivity index (χ4n) is 1.47. The third-order valence-corrected chi connectivity index (χ3v) is 8.32. The molecule has 0 aromatic rings. The van der Waals surface area contributed by atoms with Crippen molar-refractivity contribution in [3.8, 4) is 0 Å². The highest BCUT2D eigenvalue weighted by Gasteiger charge is 2.29. The first-order chi connectivity index (χ1) is 7.81. The van der Waals surface area contributed by atoms with Gasteiger partial charge in [-0.2, -0.15) is 8.42 Å². The molecule has 0 aliphatic heterocycles. The molecule has 0 saturated carbocycles. The molecule has 0 N–H and O–H groups in total. The van der Waals surface area contributed by atoms with E-state index < -0.39 is 20.4 Å². The second kappa shape index (κ2) is 7.38. The monoisotopic (exact) mass is 284 g/mol. The smallest absolute Gasteiger partial charge is 0.276 e. The summed E-state index contributed by atoms with van der Waals surface area (Å²) in [5, 5.41) is 0. The van der Waals surface area contributed by atoms with E-state index in [1.54, 1.807) is 0 Å². The zero-order valence-corrected chi connectivity index (χ0v) is 12.8. The summed E-state index contributed by atoms with van der Waals surface area (Å²) in [7, 11) is -5.28. The van der Waals surface area contributed by atoms with Crippen LogP contribution in [-0.4, -0.2) is 37.2 Å². The van der Waals surface area contributed by atoms with Gasteiger partial charge in [-0.15, -0.1) is 10.3 Å². The summed E-state index contributed by atoms with van der Waals surface area (Å²) in [4.78, 5) is 11.2. The molecule has 0 radical (unpaired) electrons. The second-order valence-electron chi connectivity index (χ2n) is 4.07. The predicted molar refractivity (Wildman–Crippen MR) is 74.0 cm³/mol. The van der Waals surface area contributed by atoms with E-state index >= 15 is 0 Å². The number of Topliss-reactive ketones (excluding diaryl/α,β-unsaturated/α-hetero) is 1. The normalized spacial score (nSPS) is 13.6. The van der Waals surface area contributed by atoms with E-state index in [0.717, 1.165) is 6.42 Å².